The molecule has 2 unspecified atom stereocenters. The first-order valence-corrected chi connectivity index (χ1v) is 5.40. The standard InChI is InChI=1S/C11H15N3O2/c1-2-14-8-13-5-9(14)10(15)11(6-12)3-4-16-7-11/h5,8,10,15H,2-4,7H2,1H3. The number of aryl methyl sites for hydroxylation is 1. The molecule has 1 saturated heterocycles. The summed E-state index contributed by atoms with van der Waals surface area (Å²) in [5, 5.41) is 19.5. The first kappa shape index (κ1) is 11.1. The van der Waals surface area contributed by atoms with Crippen molar-refractivity contribution >= 4 is 0 Å². The fourth-order valence-electron chi connectivity index (χ4n) is 2.05. The van der Waals surface area contributed by atoms with Gasteiger partial charge in [-0.15, -0.1) is 0 Å². The first-order valence-electron chi connectivity index (χ1n) is 5.40. The van der Waals surface area contributed by atoms with Crippen LogP contribution in [0.15, 0.2) is 12.5 Å². The van der Waals surface area contributed by atoms with Crippen LogP contribution in [-0.2, 0) is 11.3 Å². The fourth-order valence-corrected chi connectivity index (χ4v) is 2.05. The van der Waals surface area contributed by atoms with E-state index >= 15 is 0 Å². The van der Waals surface area contributed by atoms with E-state index in [0.717, 1.165) is 6.54 Å². The second-order valence-corrected chi connectivity index (χ2v) is 4.08. The number of aromatic nitrogens is 2. The van der Waals surface area contributed by atoms with Crippen LogP contribution in [0.4, 0.5) is 0 Å². The Hall–Kier alpha value is -1.38. The van der Waals surface area contributed by atoms with Crippen molar-refractivity contribution in [2.75, 3.05) is 13.2 Å². The molecule has 5 heteroatoms. The molecule has 0 amide bonds. The Morgan fingerprint density at radius 1 is 1.81 bits per heavy atom. The number of nitriles is 1. The van der Waals surface area contributed by atoms with Crippen LogP contribution in [0.2, 0.25) is 0 Å². The van der Waals surface area contributed by atoms with Crippen LogP contribution in [0.1, 0.15) is 25.1 Å². The largest absolute Gasteiger partial charge is 0.385 e. The first-order chi connectivity index (χ1) is 7.73. The predicted octanol–water partition coefficient (Wildman–Crippen LogP) is 0.867. The average molecular weight is 221 g/mol. The molecule has 0 spiro atoms. The number of hydrogen-bond acceptors (Lipinski definition) is 4. The third-order valence-electron chi connectivity index (χ3n) is 3.16. The van der Waals surface area contributed by atoms with Gasteiger partial charge >= 0.3 is 0 Å². The Labute approximate surface area is 94.3 Å². The van der Waals surface area contributed by atoms with Gasteiger partial charge < -0.3 is 14.4 Å². The van der Waals surface area contributed by atoms with Crippen LogP contribution >= 0.6 is 0 Å². The molecular formula is C11H15N3O2. The highest BCUT2D eigenvalue weighted by Gasteiger charge is 2.44. The normalized spacial score (nSPS) is 26.6. The molecule has 0 bridgehead atoms. The molecule has 1 fully saturated rings. The molecule has 1 aliphatic heterocycles. The van der Waals surface area contributed by atoms with Crippen LogP contribution in [0.3, 0.4) is 0 Å². The lowest BCUT2D eigenvalue weighted by Crippen LogP contribution is -2.29. The van der Waals surface area contributed by atoms with E-state index in [4.69, 9.17) is 4.74 Å². The molecule has 1 aliphatic rings. The quantitative estimate of drug-likeness (QED) is 0.822. The van der Waals surface area contributed by atoms with Gasteiger partial charge in [-0.1, -0.05) is 0 Å². The van der Waals surface area contributed by atoms with Gasteiger partial charge in [-0.25, -0.2) is 4.98 Å². The summed E-state index contributed by atoms with van der Waals surface area (Å²) >= 11 is 0. The van der Waals surface area contributed by atoms with E-state index in [0.29, 0.717) is 25.3 Å². The second kappa shape index (κ2) is 4.24. The summed E-state index contributed by atoms with van der Waals surface area (Å²) in [5.41, 5.74) is -0.123. The summed E-state index contributed by atoms with van der Waals surface area (Å²) in [7, 11) is 0. The maximum atomic E-state index is 10.3. The van der Waals surface area contributed by atoms with Gasteiger partial charge in [0.1, 0.15) is 11.5 Å². The number of rotatable bonds is 3. The maximum absolute atomic E-state index is 10.3. The van der Waals surface area contributed by atoms with Gasteiger partial charge in [-0.05, 0) is 13.3 Å². The topological polar surface area (TPSA) is 71.1 Å². The van der Waals surface area contributed by atoms with Crippen molar-refractivity contribution < 1.29 is 9.84 Å². The second-order valence-electron chi connectivity index (χ2n) is 4.08. The van der Waals surface area contributed by atoms with E-state index in [9.17, 15) is 10.4 Å². The average Bonchev–Trinajstić information content (AvgIpc) is 2.97. The van der Waals surface area contributed by atoms with Crippen molar-refractivity contribution in [2.45, 2.75) is 26.0 Å². The number of hydrogen-bond donors (Lipinski definition) is 1. The monoisotopic (exact) mass is 221 g/mol. The molecule has 1 aromatic rings. The number of nitrogens with zero attached hydrogens (tertiary/aromatic N) is 3. The minimum Gasteiger partial charge on any atom is -0.385 e. The van der Waals surface area contributed by atoms with Crippen LogP contribution in [0.5, 0.6) is 0 Å². The zero-order chi connectivity index (χ0) is 11.6. The molecule has 1 aromatic heterocycles. The Bertz CT molecular complexity index is 402. The van der Waals surface area contributed by atoms with E-state index < -0.39 is 11.5 Å². The van der Waals surface area contributed by atoms with Gasteiger partial charge in [0.2, 0.25) is 0 Å². The molecule has 1 N–H and O–H groups in total. The van der Waals surface area contributed by atoms with E-state index in [-0.39, 0.29) is 0 Å². The van der Waals surface area contributed by atoms with Crippen molar-refractivity contribution in [3.8, 4) is 6.07 Å². The lowest BCUT2D eigenvalue weighted by atomic mass is 9.81. The molecular weight excluding hydrogens is 206 g/mol. The molecule has 0 saturated carbocycles. The Morgan fingerprint density at radius 2 is 2.62 bits per heavy atom. The van der Waals surface area contributed by atoms with Gasteiger partial charge in [0.05, 0.1) is 30.9 Å². The fraction of sp³-hybridized carbons (Fsp3) is 0.636. The summed E-state index contributed by atoms with van der Waals surface area (Å²) in [6, 6.07) is 2.20. The van der Waals surface area contributed by atoms with E-state index in [2.05, 4.69) is 11.1 Å². The van der Waals surface area contributed by atoms with Gasteiger partial charge in [-0.3, -0.25) is 0 Å². The molecule has 2 rings (SSSR count). The summed E-state index contributed by atoms with van der Waals surface area (Å²) in [6.07, 6.45) is 3.02. The van der Waals surface area contributed by atoms with Crippen molar-refractivity contribution in [3.05, 3.63) is 18.2 Å². The molecule has 0 aromatic carbocycles. The third-order valence-corrected chi connectivity index (χ3v) is 3.16. The zero-order valence-corrected chi connectivity index (χ0v) is 9.26. The van der Waals surface area contributed by atoms with E-state index in [1.807, 2.05) is 11.5 Å². The van der Waals surface area contributed by atoms with Crippen LogP contribution in [0.25, 0.3) is 0 Å². The molecule has 0 radical (unpaired) electrons. The summed E-state index contributed by atoms with van der Waals surface area (Å²) in [5.74, 6) is 0. The lowest BCUT2D eigenvalue weighted by molar-refractivity contribution is 0.0447. The number of aliphatic hydroxyl groups is 1. The highest BCUT2D eigenvalue weighted by Crippen LogP contribution is 2.40. The Kier molecular flexibility index (Phi) is 2.95. The molecule has 0 aliphatic carbocycles. The summed E-state index contributed by atoms with van der Waals surface area (Å²) in [6.45, 7) is 3.53. The van der Waals surface area contributed by atoms with E-state index in [1.54, 1.807) is 12.5 Å². The van der Waals surface area contributed by atoms with Crippen molar-refractivity contribution in [1.82, 2.24) is 9.55 Å². The summed E-state index contributed by atoms with van der Waals surface area (Å²) < 4.78 is 7.08. The summed E-state index contributed by atoms with van der Waals surface area (Å²) in [4.78, 5) is 4.00. The number of aliphatic hydroxyl groups excluding tert-OH is 1. The number of imidazole rings is 1. The van der Waals surface area contributed by atoms with Crippen LogP contribution in [0, 0.1) is 16.7 Å². The predicted molar refractivity (Wildman–Crippen MR) is 56.3 cm³/mol. The maximum Gasteiger partial charge on any atom is 0.116 e. The molecule has 2 heterocycles. The minimum atomic E-state index is -0.831. The molecule has 5 nitrogen and oxygen atoms in total. The highest BCUT2D eigenvalue weighted by molar-refractivity contribution is 5.16. The molecule has 86 valence electrons. The third kappa shape index (κ3) is 1.60. The van der Waals surface area contributed by atoms with Gasteiger partial charge in [0.25, 0.3) is 0 Å². The molecule has 16 heavy (non-hydrogen) atoms. The van der Waals surface area contributed by atoms with Crippen molar-refractivity contribution in [2.24, 2.45) is 5.41 Å². The van der Waals surface area contributed by atoms with Crippen LogP contribution < -0.4 is 0 Å². The van der Waals surface area contributed by atoms with Crippen molar-refractivity contribution in [1.29, 1.82) is 5.26 Å². The lowest BCUT2D eigenvalue weighted by Gasteiger charge is -2.25. The van der Waals surface area contributed by atoms with Gasteiger partial charge in [0, 0.05) is 13.2 Å². The minimum absolute atomic E-state index is 0.291. The SMILES string of the molecule is CCn1cncc1C(O)C1(C#N)CCOC1. The Morgan fingerprint density at radius 3 is 3.19 bits per heavy atom. The van der Waals surface area contributed by atoms with Crippen LogP contribution in [-0.4, -0.2) is 27.9 Å². The Balaban J connectivity index is 2.31. The molecule has 2 atom stereocenters. The van der Waals surface area contributed by atoms with Crippen molar-refractivity contribution in [3.63, 3.8) is 0 Å². The zero-order valence-electron chi connectivity index (χ0n) is 9.26. The van der Waals surface area contributed by atoms with E-state index in [1.165, 1.54) is 0 Å². The number of ether oxygens (including phenoxy) is 1. The van der Waals surface area contributed by atoms with Gasteiger partial charge in [-0.2, -0.15) is 5.26 Å². The smallest absolute Gasteiger partial charge is 0.116 e. The van der Waals surface area contributed by atoms with Gasteiger partial charge in [0.15, 0.2) is 0 Å². The highest BCUT2D eigenvalue weighted by atomic mass is 16.5.